The molecule has 168 valence electrons. The zero-order valence-electron chi connectivity index (χ0n) is 18.3. The smallest absolute Gasteiger partial charge is 0.410 e. The molecule has 3 rings (SSSR count). The van der Waals surface area contributed by atoms with Crippen molar-refractivity contribution in [1.29, 1.82) is 0 Å². The third kappa shape index (κ3) is 6.35. The molecular weight excluding hydrogens is 402 g/mol. The Balaban J connectivity index is 1.76. The molecule has 0 saturated carbocycles. The highest BCUT2D eigenvalue weighted by atomic mass is 32.2. The van der Waals surface area contributed by atoms with E-state index in [9.17, 15) is 13.2 Å². The van der Waals surface area contributed by atoms with E-state index in [0.717, 1.165) is 45.2 Å². The van der Waals surface area contributed by atoms with Crippen LogP contribution in [0.4, 0.5) is 10.5 Å². The molecule has 2 aliphatic rings. The molecule has 1 N–H and O–H groups in total. The van der Waals surface area contributed by atoms with Gasteiger partial charge in [-0.3, -0.25) is 0 Å². The number of nitrogens with zero attached hydrogens (tertiary/aromatic N) is 2. The van der Waals surface area contributed by atoms with E-state index < -0.39 is 10.0 Å². The van der Waals surface area contributed by atoms with Gasteiger partial charge in [0.2, 0.25) is 10.0 Å². The predicted octanol–water partition coefficient (Wildman–Crippen LogP) is 3.22. The number of hydrogen-bond donors (Lipinski definition) is 1. The standard InChI is InChI=1S/C22H35N3O4S/c1-17(2)29-22(26)25-14-8-12-20(23-30(3,27)28)21(25)15-18-9-7-13-24(16-18)19-10-5-4-6-11-19/h4-6,10-11,17-18,20-21,23H,7-9,12-16H2,1-3H3/t18?,20-,21-/m1/s1. The number of rotatable bonds is 6. The van der Waals surface area contributed by atoms with Gasteiger partial charge in [0.15, 0.2) is 0 Å². The lowest BCUT2D eigenvalue weighted by atomic mass is 9.85. The molecule has 3 atom stereocenters. The first-order valence-corrected chi connectivity index (χ1v) is 12.9. The number of likely N-dealkylation sites (tertiary alicyclic amines) is 1. The highest BCUT2D eigenvalue weighted by Crippen LogP contribution is 2.31. The largest absolute Gasteiger partial charge is 0.447 e. The number of amides is 1. The second-order valence-corrected chi connectivity index (χ2v) is 10.6. The summed E-state index contributed by atoms with van der Waals surface area (Å²) >= 11 is 0. The number of nitrogens with one attached hydrogen (secondary N) is 1. The van der Waals surface area contributed by atoms with Crippen LogP contribution < -0.4 is 9.62 Å². The van der Waals surface area contributed by atoms with Crippen molar-refractivity contribution in [2.75, 3.05) is 30.8 Å². The Kier molecular flexibility index (Phi) is 7.63. The number of sulfonamides is 1. The number of benzene rings is 1. The van der Waals surface area contributed by atoms with Crippen LogP contribution in [-0.4, -0.2) is 63.5 Å². The molecule has 1 aromatic carbocycles. The van der Waals surface area contributed by atoms with Gasteiger partial charge in [-0.15, -0.1) is 0 Å². The average molecular weight is 438 g/mol. The molecule has 1 unspecified atom stereocenters. The van der Waals surface area contributed by atoms with Crippen LogP contribution in [0.15, 0.2) is 30.3 Å². The summed E-state index contributed by atoms with van der Waals surface area (Å²) in [5, 5.41) is 0. The van der Waals surface area contributed by atoms with Gasteiger partial charge in [-0.2, -0.15) is 0 Å². The maximum atomic E-state index is 12.8. The third-order valence-corrected chi connectivity index (χ3v) is 6.66. The monoisotopic (exact) mass is 437 g/mol. The van der Waals surface area contributed by atoms with Gasteiger partial charge >= 0.3 is 6.09 Å². The number of carbonyl (C=O) groups is 1. The summed E-state index contributed by atoms with van der Waals surface area (Å²) in [6.07, 6.45) is 5.08. The van der Waals surface area contributed by atoms with Gasteiger partial charge in [0.05, 0.1) is 18.4 Å². The van der Waals surface area contributed by atoms with Crippen LogP contribution in [0, 0.1) is 5.92 Å². The lowest BCUT2D eigenvalue weighted by Gasteiger charge is -2.44. The molecule has 0 spiro atoms. The maximum Gasteiger partial charge on any atom is 0.410 e. The molecule has 0 aromatic heterocycles. The SMILES string of the molecule is CC(C)OC(=O)N1CCC[C@@H](NS(C)(=O)=O)[C@H]1CC1CCCN(c2ccccc2)C1. The Bertz CT molecular complexity index is 800. The fraction of sp³-hybridized carbons (Fsp3) is 0.682. The van der Waals surface area contributed by atoms with Crippen molar-refractivity contribution in [3.05, 3.63) is 30.3 Å². The van der Waals surface area contributed by atoms with E-state index in [-0.39, 0.29) is 24.3 Å². The van der Waals surface area contributed by atoms with Crippen LogP contribution >= 0.6 is 0 Å². The predicted molar refractivity (Wildman–Crippen MR) is 119 cm³/mol. The van der Waals surface area contributed by atoms with E-state index in [0.29, 0.717) is 12.5 Å². The summed E-state index contributed by atoms with van der Waals surface area (Å²) < 4.78 is 32.2. The van der Waals surface area contributed by atoms with Crippen LogP contribution in [0.1, 0.15) is 46.0 Å². The highest BCUT2D eigenvalue weighted by molar-refractivity contribution is 7.88. The first-order chi connectivity index (χ1) is 14.2. The molecule has 8 heteroatoms. The maximum absolute atomic E-state index is 12.8. The van der Waals surface area contributed by atoms with Crippen LogP contribution in [0.25, 0.3) is 0 Å². The van der Waals surface area contributed by atoms with Gasteiger partial charge in [0.1, 0.15) is 0 Å². The molecule has 30 heavy (non-hydrogen) atoms. The summed E-state index contributed by atoms with van der Waals surface area (Å²) in [5.41, 5.74) is 1.22. The minimum absolute atomic E-state index is 0.194. The third-order valence-electron chi connectivity index (χ3n) is 5.93. The van der Waals surface area contributed by atoms with Crippen LogP contribution in [0.3, 0.4) is 0 Å². The van der Waals surface area contributed by atoms with E-state index in [2.05, 4.69) is 33.9 Å². The summed E-state index contributed by atoms with van der Waals surface area (Å²) in [5.74, 6) is 0.389. The van der Waals surface area contributed by atoms with Crippen LogP contribution in [-0.2, 0) is 14.8 Å². The van der Waals surface area contributed by atoms with Crippen molar-refractivity contribution < 1.29 is 17.9 Å². The van der Waals surface area contributed by atoms with Gasteiger partial charge in [0, 0.05) is 31.4 Å². The first-order valence-electron chi connectivity index (χ1n) is 11.0. The second kappa shape index (κ2) is 10.0. The van der Waals surface area contributed by atoms with E-state index in [4.69, 9.17) is 4.74 Å². The number of hydrogen-bond acceptors (Lipinski definition) is 5. The summed E-state index contributed by atoms with van der Waals surface area (Å²) in [6, 6.07) is 9.91. The molecular formula is C22H35N3O4S. The fourth-order valence-electron chi connectivity index (χ4n) is 4.73. The van der Waals surface area contributed by atoms with Crippen molar-refractivity contribution >= 4 is 21.8 Å². The molecule has 2 fully saturated rings. The second-order valence-electron chi connectivity index (χ2n) is 8.86. The summed E-state index contributed by atoms with van der Waals surface area (Å²) in [7, 11) is -3.36. The molecule has 0 aliphatic carbocycles. The molecule has 1 amide bonds. The Morgan fingerprint density at radius 3 is 2.53 bits per heavy atom. The van der Waals surface area contributed by atoms with E-state index in [1.54, 1.807) is 4.90 Å². The van der Waals surface area contributed by atoms with E-state index in [1.165, 1.54) is 11.9 Å². The van der Waals surface area contributed by atoms with Crippen molar-refractivity contribution in [3.63, 3.8) is 0 Å². The van der Waals surface area contributed by atoms with Gasteiger partial charge in [0.25, 0.3) is 0 Å². The zero-order valence-corrected chi connectivity index (χ0v) is 19.1. The Morgan fingerprint density at radius 2 is 1.87 bits per heavy atom. The number of carbonyl (C=O) groups excluding carboxylic acids is 1. The number of ether oxygens (including phenoxy) is 1. The van der Waals surface area contributed by atoms with Gasteiger partial charge in [-0.05, 0) is 64.0 Å². The van der Waals surface area contributed by atoms with Crippen molar-refractivity contribution in [2.24, 2.45) is 5.92 Å². The minimum Gasteiger partial charge on any atom is -0.447 e. The summed E-state index contributed by atoms with van der Waals surface area (Å²) in [6.45, 7) is 6.21. The molecule has 2 saturated heterocycles. The normalized spacial score (nSPS) is 25.4. The fourth-order valence-corrected chi connectivity index (χ4v) is 5.55. The topological polar surface area (TPSA) is 79.0 Å². The number of anilines is 1. The minimum atomic E-state index is -3.36. The molecule has 2 aliphatic heterocycles. The molecule has 0 bridgehead atoms. The van der Waals surface area contributed by atoms with Crippen molar-refractivity contribution in [3.8, 4) is 0 Å². The zero-order chi connectivity index (χ0) is 21.7. The lowest BCUT2D eigenvalue weighted by Crippen LogP contribution is -2.58. The Hall–Kier alpha value is -1.80. The van der Waals surface area contributed by atoms with Crippen molar-refractivity contribution in [2.45, 2.75) is 64.1 Å². The first kappa shape index (κ1) is 22.9. The Labute approximate surface area is 180 Å². The van der Waals surface area contributed by atoms with Gasteiger partial charge in [-0.25, -0.2) is 17.9 Å². The molecule has 0 radical (unpaired) electrons. The molecule has 7 nitrogen and oxygen atoms in total. The molecule has 1 aromatic rings. The molecule has 2 heterocycles. The lowest BCUT2D eigenvalue weighted by molar-refractivity contribution is 0.0392. The number of para-hydroxylation sites is 1. The van der Waals surface area contributed by atoms with Gasteiger partial charge < -0.3 is 14.5 Å². The van der Waals surface area contributed by atoms with Crippen LogP contribution in [0.5, 0.6) is 0 Å². The average Bonchev–Trinajstić information content (AvgIpc) is 2.68. The van der Waals surface area contributed by atoms with E-state index >= 15 is 0 Å². The summed E-state index contributed by atoms with van der Waals surface area (Å²) in [4.78, 5) is 16.9. The number of piperidine rings is 2. The van der Waals surface area contributed by atoms with Crippen LogP contribution in [0.2, 0.25) is 0 Å². The Morgan fingerprint density at radius 1 is 1.17 bits per heavy atom. The quantitative estimate of drug-likeness (QED) is 0.739. The highest BCUT2D eigenvalue weighted by Gasteiger charge is 2.38. The van der Waals surface area contributed by atoms with E-state index in [1.807, 2.05) is 19.9 Å². The van der Waals surface area contributed by atoms with Crippen molar-refractivity contribution in [1.82, 2.24) is 9.62 Å². The van der Waals surface area contributed by atoms with Gasteiger partial charge in [-0.1, -0.05) is 18.2 Å².